The third-order valence-corrected chi connectivity index (χ3v) is 3.66. The lowest BCUT2D eigenvalue weighted by Crippen LogP contribution is -2.38. The molecule has 0 N–H and O–H groups in total. The second-order valence-corrected chi connectivity index (χ2v) is 5.02. The maximum absolute atomic E-state index is 10.7. The van der Waals surface area contributed by atoms with E-state index in [1.54, 1.807) is 17.2 Å². The molecular weight excluding hydrogens is 272 g/mol. The molecule has 2 atom stereocenters. The number of hydrogen-bond donors (Lipinski definition) is 0. The Morgan fingerprint density at radius 3 is 2.67 bits per heavy atom. The van der Waals surface area contributed by atoms with E-state index in [1.807, 2.05) is 13.0 Å². The molecule has 0 saturated carbocycles. The van der Waals surface area contributed by atoms with Crippen LogP contribution < -0.4 is 0 Å². The zero-order valence-electron chi connectivity index (χ0n) is 11.5. The Hall–Kier alpha value is -2.48. The first-order valence-electron chi connectivity index (χ1n) is 6.47. The van der Waals surface area contributed by atoms with E-state index in [9.17, 15) is 10.1 Å². The molecule has 7 heteroatoms. The van der Waals surface area contributed by atoms with E-state index in [0.717, 1.165) is 5.56 Å². The molecule has 0 aliphatic carbocycles. The van der Waals surface area contributed by atoms with Crippen LogP contribution in [-0.4, -0.2) is 22.6 Å². The van der Waals surface area contributed by atoms with Crippen LogP contribution in [0.5, 0.6) is 0 Å². The number of nitro groups is 1. The average Bonchev–Trinajstić information content (AvgIpc) is 2.83. The molecular formula is C14H14N4O3. The van der Waals surface area contributed by atoms with Crippen LogP contribution in [0.2, 0.25) is 0 Å². The van der Waals surface area contributed by atoms with E-state index in [4.69, 9.17) is 15.4 Å². The average molecular weight is 286 g/mol. The quantitative estimate of drug-likeness (QED) is 0.621. The molecule has 1 aromatic carbocycles. The van der Waals surface area contributed by atoms with Crippen molar-refractivity contribution < 1.29 is 9.76 Å². The van der Waals surface area contributed by atoms with E-state index in [1.165, 1.54) is 12.1 Å². The Morgan fingerprint density at radius 2 is 2.14 bits per heavy atom. The third kappa shape index (κ3) is 2.84. The Morgan fingerprint density at radius 1 is 1.48 bits per heavy atom. The van der Waals surface area contributed by atoms with Crippen LogP contribution in [0.15, 0.2) is 24.3 Å². The van der Waals surface area contributed by atoms with E-state index >= 15 is 0 Å². The Labute approximate surface area is 122 Å². The van der Waals surface area contributed by atoms with Crippen LogP contribution in [0.4, 0.5) is 5.69 Å². The summed E-state index contributed by atoms with van der Waals surface area (Å²) in [6.07, 6.45) is 0.150. The third-order valence-electron chi connectivity index (χ3n) is 3.66. The molecule has 1 aliphatic heterocycles. The molecule has 0 spiro atoms. The number of hydroxylamine groups is 2. The summed E-state index contributed by atoms with van der Waals surface area (Å²) in [6, 6.07) is 10.3. The van der Waals surface area contributed by atoms with Gasteiger partial charge in [0.15, 0.2) is 6.10 Å². The van der Waals surface area contributed by atoms with Gasteiger partial charge in [0.05, 0.1) is 29.0 Å². The summed E-state index contributed by atoms with van der Waals surface area (Å²) in [6.45, 7) is 2.28. The van der Waals surface area contributed by atoms with Crippen LogP contribution in [0.3, 0.4) is 0 Å². The molecule has 0 bridgehead atoms. The Balaban J connectivity index is 2.30. The first-order valence-corrected chi connectivity index (χ1v) is 6.47. The minimum atomic E-state index is -0.580. The smallest absolute Gasteiger partial charge is 0.269 e. The zero-order valence-corrected chi connectivity index (χ0v) is 11.5. The predicted octanol–water partition coefficient (Wildman–Crippen LogP) is 2.25. The SMILES string of the molecule is C[C@]1(c2ccc([N+](=O)[O-])cc2)C[C@H](C#N)ON1CCC#N. The first-order chi connectivity index (χ1) is 10.0. The topological polar surface area (TPSA) is 103 Å². The van der Waals surface area contributed by atoms with Gasteiger partial charge in [-0.25, -0.2) is 0 Å². The van der Waals surface area contributed by atoms with Crippen molar-refractivity contribution in [2.45, 2.75) is 31.4 Å². The predicted molar refractivity (Wildman–Crippen MR) is 72.5 cm³/mol. The summed E-state index contributed by atoms with van der Waals surface area (Å²) in [7, 11) is 0. The highest BCUT2D eigenvalue weighted by Crippen LogP contribution is 2.40. The van der Waals surface area contributed by atoms with Crippen LogP contribution in [0, 0.1) is 32.8 Å². The fourth-order valence-corrected chi connectivity index (χ4v) is 2.49. The molecule has 1 aliphatic rings. The molecule has 7 nitrogen and oxygen atoms in total. The van der Waals surface area contributed by atoms with Crippen LogP contribution in [0.1, 0.15) is 25.3 Å². The van der Waals surface area contributed by atoms with Gasteiger partial charge in [-0.1, -0.05) is 12.1 Å². The summed E-state index contributed by atoms with van der Waals surface area (Å²) in [5.74, 6) is 0. The number of nitro benzene ring substituents is 1. The molecule has 1 fully saturated rings. The number of hydrogen-bond acceptors (Lipinski definition) is 6. The molecule has 0 unspecified atom stereocenters. The Kier molecular flexibility index (Phi) is 4.18. The molecule has 1 saturated heterocycles. The van der Waals surface area contributed by atoms with Crippen LogP contribution >= 0.6 is 0 Å². The number of non-ortho nitro benzene ring substituents is 1. The molecule has 0 aromatic heterocycles. The van der Waals surface area contributed by atoms with Crippen molar-refractivity contribution in [2.75, 3.05) is 6.54 Å². The van der Waals surface area contributed by atoms with Gasteiger partial charge in [-0.15, -0.1) is 0 Å². The van der Waals surface area contributed by atoms with Crippen molar-refractivity contribution in [1.29, 1.82) is 10.5 Å². The standard InChI is InChI=1S/C14H14N4O3/c1-14(11-3-5-12(6-4-11)18(19)20)9-13(10-16)21-17(14)8-2-7-15/h3-6,13H,2,8-9H2,1H3/t13-,14-/m1/s1. The van der Waals surface area contributed by atoms with Crippen LogP contribution in [-0.2, 0) is 10.4 Å². The van der Waals surface area contributed by atoms with E-state index in [-0.39, 0.29) is 12.1 Å². The summed E-state index contributed by atoms with van der Waals surface area (Å²) in [5, 5.41) is 30.1. The van der Waals surface area contributed by atoms with Crippen molar-refractivity contribution in [1.82, 2.24) is 5.06 Å². The Bertz CT molecular complexity index is 617. The molecule has 0 radical (unpaired) electrons. The number of nitrogens with zero attached hydrogens (tertiary/aromatic N) is 4. The summed E-state index contributed by atoms with van der Waals surface area (Å²) in [5.41, 5.74) is 0.261. The van der Waals surface area contributed by atoms with Gasteiger partial charge < -0.3 is 0 Å². The van der Waals surface area contributed by atoms with E-state index < -0.39 is 16.6 Å². The number of benzene rings is 1. The van der Waals surface area contributed by atoms with Crippen LogP contribution in [0.25, 0.3) is 0 Å². The van der Waals surface area contributed by atoms with Gasteiger partial charge in [0.2, 0.25) is 0 Å². The minimum absolute atomic E-state index is 0.0154. The second kappa shape index (κ2) is 5.88. The number of nitriles is 2. The minimum Gasteiger partial charge on any atom is -0.280 e. The molecule has 0 amide bonds. The molecule has 1 aromatic rings. The fourth-order valence-electron chi connectivity index (χ4n) is 2.49. The van der Waals surface area contributed by atoms with Gasteiger partial charge >= 0.3 is 0 Å². The maximum atomic E-state index is 10.7. The lowest BCUT2D eigenvalue weighted by molar-refractivity contribution is -0.384. The highest BCUT2D eigenvalue weighted by atomic mass is 16.7. The second-order valence-electron chi connectivity index (χ2n) is 5.02. The first kappa shape index (κ1) is 14.9. The number of rotatable bonds is 4. The van der Waals surface area contributed by atoms with Gasteiger partial charge in [0, 0.05) is 25.1 Å². The molecule has 108 valence electrons. The van der Waals surface area contributed by atoms with E-state index in [0.29, 0.717) is 13.0 Å². The zero-order chi connectivity index (χ0) is 15.5. The molecule has 2 rings (SSSR count). The molecule has 21 heavy (non-hydrogen) atoms. The maximum Gasteiger partial charge on any atom is 0.269 e. The lowest BCUT2D eigenvalue weighted by Gasteiger charge is -2.32. The fraction of sp³-hybridized carbons (Fsp3) is 0.429. The summed E-state index contributed by atoms with van der Waals surface area (Å²) in [4.78, 5) is 15.8. The van der Waals surface area contributed by atoms with Gasteiger partial charge in [-0.3, -0.25) is 15.0 Å². The van der Waals surface area contributed by atoms with Crippen molar-refractivity contribution >= 4 is 5.69 Å². The largest absolute Gasteiger partial charge is 0.280 e. The monoisotopic (exact) mass is 286 g/mol. The van der Waals surface area contributed by atoms with E-state index in [2.05, 4.69) is 6.07 Å². The van der Waals surface area contributed by atoms with Gasteiger partial charge in [0.1, 0.15) is 0 Å². The highest BCUT2D eigenvalue weighted by Gasteiger charge is 2.44. The van der Waals surface area contributed by atoms with Crippen molar-refractivity contribution in [2.24, 2.45) is 0 Å². The lowest BCUT2D eigenvalue weighted by atomic mass is 9.87. The van der Waals surface area contributed by atoms with Crippen molar-refractivity contribution in [3.63, 3.8) is 0 Å². The molecule has 1 heterocycles. The summed E-state index contributed by atoms with van der Waals surface area (Å²) >= 11 is 0. The summed E-state index contributed by atoms with van der Waals surface area (Å²) < 4.78 is 0. The van der Waals surface area contributed by atoms with Gasteiger partial charge in [-0.2, -0.15) is 15.6 Å². The van der Waals surface area contributed by atoms with Gasteiger partial charge in [-0.05, 0) is 12.5 Å². The highest BCUT2D eigenvalue weighted by molar-refractivity contribution is 5.36. The van der Waals surface area contributed by atoms with Crippen molar-refractivity contribution in [3.8, 4) is 12.1 Å². The van der Waals surface area contributed by atoms with Gasteiger partial charge in [0.25, 0.3) is 5.69 Å². The normalized spacial score (nSPS) is 25.2. The van der Waals surface area contributed by atoms with Crippen molar-refractivity contribution in [3.05, 3.63) is 39.9 Å².